The second kappa shape index (κ2) is 12.7. The number of benzene rings is 1. The van der Waals surface area contributed by atoms with E-state index >= 15 is 0 Å². The van der Waals surface area contributed by atoms with Crippen molar-refractivity contribution in [3.63, 3.8) is 0 Å². The summed E-state index contributed by atoms with van der Waals surface area (Å²) in [7, 11) is 0. The van der Waals surface area contributed by atoms with Crippen molar-refractivity contribution in [3.05, 3.63) is 35.9 Å². The number of carboxylic acid groups (broad SMARTS) is 1. The van der Waals surface area contributed by atoms with Crippen molar-refractivity contribution < 1.29 is 14.6 Å². The summed E-state index contributed by atoms with van der Waals surface area (Å²) in [5.74, 6) is -0.0901. The second-order valence-electron chi connectivity index (χ2n) is 5.92. The summed E-state index contributed by atoms with van der Waals surface area (Å²) in [6.45, 7) is 3.00. The maximum Gasteiger partial charge on any atom is 0.328 e. The Morgan fingerprint density at radius 3 is 2.09 bits per heavy atom. The van der Waals surface area contributed by atoms with E-state index in [1.54, 1.807) is 6.08 Å². The zero-order valence-electron chi connectivity index (χ0n) is 14.3. The highest BCUT2D eigenvalue weighted by Gasteiger charge is 1.96. The molecule has 0 aliphatic carbocycles. The molecule has 0 saturated heterocycles. The highest BCUT2D eigenvalue weighted by molar-refractivity contribution is 5.85. The molecule has 1 aromatic rings. The number of carboxylic acids is 1. The van der Waals surface area contributed by atoms with Gasteiger partial charge in [0.15, 0.2) is 0 Å². The normalized spacial score (nSPS) is 11.0. The predicted octanol–water partition coefficient (Wildman–Crippen LogP) is 5.69. The van der Waals surface area contributed by atoms with Crippen LogP contribution in [0.25, 0.3) is 6.08 Å². The Labute approximate surface area is 140 Å². The average Bonchev–Trinajstić information content (AvgIpc) is 2.55. The summed E-state index contributed by atoms with van der Waals surface area (Å²) in [4.78, 5) is 10.4. The standard InChI is InChI=1S/C20H30O3/c1-2-3-4-5-6-7-8-9-10-17-23-19-14-11-18(12-15-19)13-16-20(21)22/h11-16H,2-10,17H2,1H3,(H,21,22). The molecule has 3 heteroatoms. The van der Waals surface area contributed by atoms with Gasteiger partial charge in [0.2, 0.25) is 0 Å². The number of rotatable bonds is 13. The Hall–Kier alpha value is -1.77. The number of hydrogen-bond donors (Lipinski definition) is 1. The molecule has 0 aliphatic rings. The molecule has 3 nitrogen and oxygen atoms in total. The molecule has 0 aromatic heterocycles. The van der Waals surface area contributed by atoms with Crippen LogP contribution >= 0.6 is 0 Å². The molecule has 23 heavy (non-hydrogen) atoms. The topological polar surface area (TPSA) is 46.5 Å². The lowest BCUT2D eigenvalue weighted by Crippen LogP contribution is -1.97. The van der Waals surface area contributed by atoms with Gasteiger partial charge < -0.3 is 9.84 Å². The molecule has 0 heterocycles. The van der Waals surface area contributed by atoms with Crippen molar-refractivity contribution in [1.29, 1.82) is 0 Å². The Bertz CT molecular complexity index is 448. The summed E-state index contributed by atoms with van der Waals surface area (Å²) in [6.07, 6.45) is 14.5. The summed E-state index contributed by atoms with van der Waals surface area (Å²) >= 11 is 0. The zero-order valence-corrected chi connectivity index (χ0v) is 14.3. The molecule has 0 atom stereocenters. The molecule has 1 rings (SSSR count). The summed E-state index contributed by atoms with van der Waals surface area (Å²) < 4.78 is 5.71. The van der Waals surface area contributed by atoms with Crippen LogP contribution in [0.2, 0.25) is 0 Å². The monoisotopic (exact) mass is 318 g/mol. The van der Waals surface area contributed by atoms with Crippen LogP contribution in [-0.2, 0) is 4.79 Å². The molecule has 0 saturated carbocycles. The van der Waals surface area contributed by atoms with E-state index in [9.17, 15) is 4.79 Å². The fraction of sp³-hybridized carbons (Fsp3) is 0.550. The second-order valence-corrected chi connectivity index (χ2v) is 5.92. The van der Waals surface area contributed by atoms with E-state index in [4.69, 9.17) is 9.84 Å². The highest BCUT2D eigenvalue weighted by Crippen LogP contribution is 2.14. The van der Waals surface area contributed by atoms with E-state index in [2.05, 4.69) is 6.92 Å². The van der Waals surface area contributed by atoms with Crippen LogP contribution in [0.4, 0.5) is 0 Å². The predicted molar refractivity (Wildman–Crippen MR) is 95.8 cm³/mol. The van der Waals surface area contributed by atoms with Crippen molar-refractivity contribution >= 4 is 12.0 Å². The molecule has 1 N–H and O–H groups in total. The van der Waals surface area contributed by atoms with Gasteiger partial charge in [0.1, 0.15) is 5.75 Å². The SMILES string of the molecule is CCCCCCCCCCCOc1ccc(C=CC(=O)O)cc1. The van der Waals surface area contributed by atoms with Crippen LogP contribution in [0.5, 0.6) is 5.75 Å². The van der Waals surface area contributed by atoms with Crippen molar-refractivity contribution in [2.45, 2.75) is 64.7 Å². The molecule has 0 spiro atoms. The summed E-state index contributed by atoms with van der Waals surface area (Å²) in [5.41, 5.74) is 0.864. The Kier molecular flexibility index (Phi) is 10.7. The van der Waals surface area contributed by atoms with Gasteiger partial charge in [-0.25, -0.2) is 4.79 Å². The first-order valence-electron chi connectivity index (χ1n) is 8.86. The van der Waals surface area contributed by atoms with Gasteiger partial charge in [0.25, 0.3) is 0 Å². The first-order valence-corrected chi connectivity index (χ1v) is 8.86. The molecule has 0 aliphatic heterocycles. The van der Waals surface area contributed by atoms with Gasteiger partial charge in [0, 0.05) is 6.08 Å². The van der Waals surface area contributed by atoms with Crippen molar-refractivity contribution in [2.24, 2.45) is 0 Å². The van der Waals surface area contributed by atoms with Crippen LogP contribution < -0.4 is 4.74 Å². The van der Waals surface area contributed by atoms with Gasteiger partial charge in [-0.15, -0.1) is 0 Å². The van der Waals surface area contributed by atoms with Crippen LogP contribution in [-0.4, -0.2) is 17.7 Å². The Balaban J connectivity index is 2.04. The largest absolute Gasteiger partial charge is 0.494 e. The molecular weight excluding hydrogens is 288 g/mol. The van der Waals surface area contributed by atoms with Crippen LogP contribution in [0, 0.1) is 0 Å². The first kappa shape index (κ1) is 19.3. The highest BCUT2D eigenvalue weighted by atomic mass is 16.5. The third-order valence-electron chi connectivity index (χ3n) is 3.82. The van der Waals surface area contributed by atoms with Gasteiger partial charge in [-0.3, -0.25) is 0 Å². The average molecular weight is 318 g/mol. The number of aliphatic carboxylic acids is 1. The van der Waals surface area contributed by atoms with Gasteiger partial charge >= 0.3 is 5.97 Å². The van der Waals surface area contributed by atoms with Crippen molar-refractivity contribution in [3.8, 4) is 5.75 Å². The zero-order chi connectivity index (χ0) is 16.8. The molecule has 0 unspecified atom stereocenters. The minimum atomic E-state index is -0.935. The Morgan fingerprint density at radius 1 is 0.957 bits per heavy atom. The number of carbonyl (C=O) groups is 1. The smallest absolute Gasteiger partial charge is 0.328 e. The molecule has 1 aromatic carbocycles. The Morgan fingerprint density at radius 2 is 1.52 bits per heavy atom. The lowest BCUT2D eigenvalue weighted by Gasteiger charge is -2.06. The quantitative estimate of drug-likeness (QED) is 0.375. The molecular formula is C20H30O3. The third kappa shape index (κ3) is 10.6. The van der Waals surface area contributed by atoms with Crippen LogP contribution in [0.15, 0.2) is 30.3 Å². The lowest BCUT2D eigenvalue weighted by molar-refractivity contribution is -0.131. The summed E-state index contributed by atoms with van der Waals surface area (Å²) in [6, 6.07) is 7.50. The van der Waals surface area contributed by atoms with Gasteiger partial charge in [0.05, 0.1) is 6.61 Å². The van der Waals surface area contributed by atoms with E-state index < -0.39 is 5.97 Å². The maximum atomic E-state index is 10.4. The van der Waals surface area contributed by atoms with Crippen LogP contribution in [0.1, 0.15) is 70.3 Å². The fourth-order valence-corrected chi connectivity index (χ4v) is 2.45. The van der Waals surface area contributed by atoms with Gasteiger partial charge in [-0.2, -0.15) is 0 Å². The maximum absolute atomic E-state index is 10.4. The number of ether oxygens (including phenoxy) is 1. The fourth-order valence-electron chi connectivity index (χ4n) is 2.45. The molecule has 0 fully saturated rings. The van der Waals surface area contributed by atoms with E-state index in [-0.39, 0.29) is 0 Å². The van der Waals surface area contributed by atoms with E-state index in [1.165, 1.54) is 51.4 Å². The van der Waals surface area contributed by atoms with Gasteiger partial charge in [-0.05, 0) is 30.2 Å². The molecule has 0 bridgehead atoms. The minimum Gasteiger partial charge on any atom is -0.494 e. The summed E-state index contributed by atoms with van der Waals surface area (Å²) in [5, 5.41) is 8.58. The lowest BCUT2D eigenvalue weighted by atomic mass is 10.1. The van der Waals surface area contributed by atoms with Crippen molar-refractivity contribution in [1.82, 2.24) is 0 Å². The van der Waals surface area contributed by atoms with Crippen LogP contribution in [0.3, 0.4) is 0 Å². The van der Waals surface area contributed by atoms with Gasteiger partial charge in [-0.1, -0.05) is 70.4 Å². The third-order valence-corrected chi connectivity index (χ3v) is 3.82. The minimum absolute atomic E-state index is 0.750. The van der Waals surface area contributed by atoms with E-state index in [0.29, 0.717) is 0 Å². The van der Waals surface area contributed by atoms with E-state index in [1.807, 2.05) is 24.3 Å². The van der Waals surface area contributed by atoms with E-state index in [0.717, 1.165) is 30.4 Å². The molecule has 0 amide bonds. The van der Waals surface area contributed by atoms with Crippen molar-refractivity contribution in [2.75, 3.05) is 6.61 Å². The number of hydrogen-bond acceptors (Lipinski definition) is 2. The number of unbranched alkanes of at least 4 members (excludes halogenated alkanes) is 8. The first-order chi connectivity index (χ1) is 11.2. The molecule has 128 valence electrons. The molecule has 0 radical (unpaired) electrons.